The molecule has 1 aromatic heterocycles. The highest BCUT2D eigenvalue weighted by atomic mass is 19.4. The van der Waals surface area contributed by atoms with Crippen molar-refractivity contribution in [1.29, 1.82) is 0 Å². The van der Waals surface area contributed by atoms with Crippen molar-refractivity contribution < 1.29 is 31.5 Å². The van der Waals surface area contributed by atoms with Crippen molar-refractivity contribution in [2.75, 3.05) is 7.11 Å². The van der Waals surface area contributed by atoms with E-state index in [4.69, 9.17) is 9.15 Å². The largest absolute Gasteiger partial charge is 0.455 e. The molecule has 0 aliphatic carbocycles. The highest BCUT2D eigenvalue weighted by Crippen LogP contribution is 2.32. The van der Waals surface area contributed by atoms with Gasteiger partial charge >= 0.3 is 6.18 Å². The van der Waals surface area contributed by atoms with Gasteiger partial charge in [0, 0.05) is 12.7 Å². The fourth-order valence-electron chi connectivity index (χ4n) is 1.75. The van der Waals surface area contributed by atoms with Crippen LogP contribution in [0.2, 0.25) is 0 Å². The van der Waals surface area contributed by atoms with Crippen molar-refractivity contribution in [2.24, 2.45) is 0 Å². The average molecular weight is 302 g/mol. The number of ether oxygens (including phenoxy) is 1. The van der Waals surface area contributed by atoms with Crippen molar-refractivity contribution in [3.05, 3.63) is 58.8 Å². The van der Waals surface area contributed by atoms with Gasteiger partial charge in [-0.25, -0.2) is 4.39 Å². The normalized spacial score (nSPS) is 11.7. The molecule has 112 valence electrons. The summed E-state index contributed by atoms with van der Waals surface area (Å²) in [6, 6.07) is 4.86. The Morgan fingerprint density at radius 2 is 1.95 bits per heavy atom. The molecule has 0 saturated heterocycles. The summed E-state index contributed by atoms with van der Waals surface area (Å²) in [5.41, 5.74) is -1.79. The molecule has 0 spiro atoms. The van der Waals surface area contributed by atoms with Crippen LogP contribution in [0, 0.1) is 5.82 Å². The Morgan fingerprint density at radius 3 is 2.57 bits per heavy atom. The van der Waals surface area contributed by atoms with E-state index in [9.17, 15) is 22.4 Å². The summed E-state index contributed by atoms with van der Waals surface area (Å²) < 4.78 is 60.9. The van der Waals surface area contributed by atoms with Gasteiger partial charge in [0.05, 0.1) is 5.56 Å². The van der Waals surface area contributed by atoms with Gasteiger partial charge in [0.2, 0.25) is 5.78 Å². The number of rotatable bonds is 4. The van der Waals surface area contributed by atoms with E-state index in [0.717, 1.165) is 6.07 Å². The van der Waals surface area contributed by atoms with Crippen LogP contribution in [-0.4, -0.2) is 12.9 Å². The highest BCUT2D eigenvalue weighted by Gasteiger charge is 2.34. The molecule has 2 rings (SSSR count). The third-order valence-corrected chi connectivity index (χ3v) is 2.71. The lowest BCUT2D eigenvalue weighted by molar-refractivity contribution is -0.140. The van der Waals surface area contributed by atoms with Crippen LogP contribution in [0.1, 0.15) is 27.4 Å². The third kappa shape index (κ3) is 3.30. The Labute approximate surface area is 117 Å². The third-order valence-electron chi connectivity index (χ3n) is 2.71. The molecule has 7 heteroatoms. The number of halogens is 4. The second-order valence-corrected chi connectivity index (χ2v) is 4.22. The lowest BCUT2D eigenvalue weighted by Crippen LogP contribution is -2.10. The number of benzene rings is 1. The first-order chi connectivity index (χ1) is 9.82. The highest BCUT2D eigenvalue weighted by molar-refractivity contribution is 6.07. The molecule has 0 saturated carbocycles. The van der Waals surface area contributed by atoms with Crippen molar-refractivity contribution in [2.45, 2.75) is 12.8 Å². The van der Waals surface area contributed by atoms with Gasteiger partial charge in [-0.05, 0) is 30.3 Å². The number of methoxy groups -OCH3 is 1. The van der Waals surface area contributed by atoms with Gasteiger partial charge in [-0.3, -0.25) is 4.79 Å². The molecule has 0 aliphatic heterocycles. The quantitative estimate of drug-likeness (QED) is 0.637. The monoisotopic (exact) mass is 302 g/mol. The summed E-state index contributed by atoms with van der Waals surface area (Å²) in [6.45, 7) is 0.129. The molecule has 0 unspecified atom stereocenters. The van der Waals surface area contributed by atoms with Gasteiger partial charge in [-0.15, -0.1) is 0 Å². The van der Waals surface area contributed by atoms with E-state index in [-0.39, 0.29) is 17.9 Å². The zero-order valence-corrected chi connectivity index (χ0v) is 10.8. The topological polar surface area (TPSA) is 39.4 Å². The van der Waals surface area contributed by atoms with Gasteiger partial charge in [-0.2, -0.15) is 13.2 Å². The molecule has 0 amide bonds. The zero-order chi connectivity index (χ0) is 15.6. The summed E-state index contributed by atoms with van der Waals surface area (Å²) in [5.74, 6) is -1.97. The molecule has 0 aliphatic rings. The first kappa shape index (κ1) is 15.2. The van der Waals surface area contributed by atoms with Crippen molar-refractivity contribution in [1.82, 2.24) is 0 Å². The van der Waals surface area contributed by atoms with E-state index < -0.39 is 23.3 Å². The van der Waals surface area contributed by atoms with Crippen LogP contribution in [0.3, 0.4) is 0 Å². The molecule has 1 heterocycles. The van der Waals surface area contributed by atoms with E-state index in [0.29, 0.717) is 17.9 Å². The predicted molar refractivity (Wildman–Crippen MR) is 64.3 cm³/mol. The van der Waals surface area contributed by atoms with Crippen LogP contribution in [0.25, 0.3) is 0 Å². The lowest BCUT2D eigenvalue weighted by atomic mass is 10.0. The molecule has 0 radical (unpaired) electrons. The maximum Gasteiger partial charge on any atom is 0.419 e. The van der Waals surface area contributed by atoms with Crippen molar-refractivity contribution in [3.63, 3.8) is 0 Å². The maximum absolute atomic E-state index is 13.2. The molecule has 0 fully saturated rings. The fourth-order valence-corrected chi connectivity index (χ4v) is 1.75. The van der Waals surface area contributed by atoms with E-state index in [1.54, 1.807) is 0 Å². The summed E-state index contributed by atoms with van der Waals surface area (Å²) in [7, 11) is 1.43. The molecular weight excluding hydrogens is 292 g/mol. The molecule has 0 bridgehead atoms. The number of hydrogen-bond donors (Lipinski definition) is 0. The summed E-state index contributed by atoms with van der Waals surface area (Å²) >= 11 is 0. The standard InChI is InChI=1S/C14H10F4O3/c1-20-7-9-3-5-12(21-9)13(19)8-2-4-11(15)10(6-8)14(16,17)18/h2-6H,7H2,1H3. The number of hydrogen-bond acceptors (Lipinski definition) is 3. The Kier molecular flexibility index (Phi) is 4.13. The van der Waals surface area contributed by atoms with Crippen molar-refractivity contribution >= 4 is 5.78 Å². The molecule has 21 heavy (non-hydrogen) atoms. The van der Waals surface area contributed by atoms with E-state index in [1.807, 2.05) is 0 Å². The van der Waals surface area contributed by atoms with Crippen LogP contribution < -0.4 is 0 Å². The first-order valence-electron chi connectivity index (χ1n) is 5.82. The van der Waals surface area contributed by atoms with Gasteiger partial charge in [0.1, 0.15) is 18.2 Å². The second-order valence-electron chi connectivity index (χ2n) is 4.22. The van der Waals surface area contributed by atoms with E-state index in [1.165, 1.54) is 19.2 Å². The molecule has 0 N–H and O–H groups in total. The minimum absolute atomic E-state index is 0.129. The maximum atomic E-state index is 13.2. The Balaban J connectivity index is 2.35. The fraction of sp³-hybridized carbons (Fsp3) is 0.214. The lowest BCUT2D eigenvalue weighted by Gasteiger charge is -2.09. The van der Waals surface area contributed by atoms with Crippen LogP contribution >= 0.6 is 0 Å². The minimum atomic E-state index is -4.87. The van der Waals surface area contributed by atoms with Crippen LogP contribution in [0.4, 0.5) is 17.6 Å². The smallest absolute Gasteiger partial charge is 0.419 e. The Morgan fingerprint density at radius 1 is 1.24 bits per heavy atom. The van der Waals surface area contributed by atoms with Gasteiger partial charge < -0.3 is 9.15 Å². The van der Waals surface area contributed by atoms with E-state index >= 15 is 0 Å². The number of furan rings is 1. The Hall–Kier alpha value is -2.15. The number of carbonyl (C=O) groups excluding carboxylic acids is 1. The molecule has 3 nitrogen and oxygen atoms in total. The predicted octanol–water partition coefficient (Wildman–Crippen LogP) is 3.81. The number of alkyl halides is 3. The van der Waals surface area contributed by atoms with Gasteiger partial charge in [0.25, 0.3) is 0 Å². The average Bonchev–Trinajstić information content (AvgIpc) is 2.86. The number of carbonyl (C=O) groups is 1. The zero-order valence-electron chi connectivity index (χ0n) is 10.8. The molecule has 0 atom stereocenters. The summed E-state index contributed by atoms with van der Waals surface area (Å²) in [4.78, 5) is 12.0. The second kappa shape index (κ2) is 5.69. The molecular formula is C14H10F4O3. The van der Waals surface area contributed by atoms with Crippen LogP contribution in [0.5, 0.6) is 0 Å². The number of ketones is 1. The van der Waals surface area contributed by atoms with Gasteiger partial charge in [-0.1, -0.05) is 0 Å². The molecule has 1 aromatic carbocycles. The molecule has 2 aromatic rings. The minimum Gasteiger partial charge on any atom is -0.455 e. The summed E-state index contributed by atoms with van der Waals surface area (Å²) in [6.07, 6.45) is -4.87. The van der Waals surface area contributed by atoms with E-state index in [2.05, 4.69) is 0 Å². The first-order valence-corrected chi connectivity index (χ1v) is 5.82. The SMILES string of the molecule is COCc1ccc(C(=O)c2ccc(F)c(C(F)(F)F)c2)o1. The van der Waals surface area contributed by atoms with Crippen molar-refractivity contribution in [3.8, 4) is 0 Å². The van der Waals surface area contributed by atoms with Gasteiger partial charge in [0.15, 0.2) is 5.76 Å². The summed E-state index contributed by atoms with van der Waals surface area (Å²) in [5, 5.41) is 0. The van der Waals surface area contributed by atoms with Crippen LogP contribution in [-0.2, 0) is 17.5 Å². The van der Waals surface area contributed by atoms with Crippen LogP contribution in [0.15, 0.2) is 34.7 Å². The Bertz CT molecular complexity index is 658.